The fraction of sp³-hybridized carbons (Fsp3) is 0.632. The van der Waals surface area contributed by atoms with Gasteiger partial charge in [0.1, 0.15) is 5.60 Å². The molecular weight excluding hydrogens is 457 g/mol. The van der Waals surface area contributed by atoms with Crippen LogP contribution >= 0.6 is 24.0 Å². The number of hydrogen-bond donors (Lipinski definition) is 3. The third kappa shape index (κ3) is 12.4. The van der Waals surface area contributed by atoms with Gasteiger partial charge in [0, 0.05) is 25.3 Å². The van der Waals surface area contributed by atoms with Crippen LogP contribution in [0.1, 0.15) is 53.2 Å². The summed E-state index contributed by atoms with van der Waals surface area (Å²) in [7, 11) is 0. The molecule has 8 heteroatoms. The number of amides is 1. The Kier molecular flexibility index (Phi) is 12.8. The van der Waals surface area contributed by atoms with E-state index < -0.39 is 11.7 Å². The second-order valence-corrected chi connectivity index (χ2v) is 7.03. The number of rotatable bonds is 8. The third-order valence-electron chi connectivity index (χ3n) is 3.34. The van der Waals surface area contributed by atoms with Crippen molar-refractivity contribution >= 4 is 36.0 Å². The minimum atomic E-state index is -0.507. The van der Waals surface area contributed by atoms with Crippen molar-refractivity contribution < 1.29 is 9.53 Å². The molecule has 0 spiro atoms. The van der Waals surface area contributed by atoms with E-state index in [0.717, 1.165) is 25.1 Å². The van der Waals surface area contributed by atoms with Crippen molar-refractivity contribution in [1.82, 2.24) is 20.9 Å². The predicted octanol–water partition coefficient (Wildman–Crippen LogP) is 3.45. The van der Waals surface area contributed by atoms with Crippen molar-refractivity contribution in [2.75, 3.05) is 13.1 Å². The molecule has 0 aliphatic carbocycles. The van der Waals surface area contributed by atoms with Gasteiger partial charge in [-0.25, -0.2) is 9.79 Å². The second kappa shape index (κ2) is 13.6. The van der Waals surface area contributed by atoms with Crippen LogP contribution in [-0.2, 0) is 11.3 Å². The first-order valence-electron chi connectivity index (χ1n) is 9.25. The van der Waals surface area contributed by atoms with Gasteiger partial charge in [-0.3, -0.25) is 4.98 Å². The Bertz CT molecular complexity index is 561. The minimum absolute atomic E-state index is 0. The molecule has 0 aliphatic rings. The number of ether oxygens (including phenoxy) is 1. The number of nitrogens with zero attached hydrogens (tertiary/aromatic N) is 2. The number of halogens is 1. The van der Waals surface area contributed by atoms with Gasteiger partial charge in [0.2, 0.25) is 0 Å². The van der Waals surface area contributed by atoms with Crippen LogP contribution in [0, 0.1) is 0 Å². The lowest BCUT2D eigenvalue weighted by molar-refractivity contribution is 0.0502. The Balaban J connectivity index is 0.00000676. The molecule has 0 aromatic carbocycles. The number of hydrogen-bond acceptors (Lipinski definition) is 4. The van der Waals surface area contributed by atoms with Crippen molar-refractivity contribution in [3.8, 4) is 0 Å². The van der Waals surface area contributed by atoms with Crippen LogP contribution < -0.4 is 16.0 Å². The molecule has 0 radical (unpaired) electrons. The zero-order chi connectivity index (χ0) is 19.4. The third-order valence-corrected chi connectivity index (χ3v) is 3.34. The first-order valence-corrected chi connectivity index (χ1v) is 9.25. The van der Waals surface area contributed by atoms with E-state index in [2.05, 4.69) is 32.9 Å². The number of aliphatic imine (C=N–C) groups is 1. The molecule has 0 bridgehead atoms. The van der Waals surface area contributed by atoms with Gasteiger partial charge >= 0.3 is 6.09 Å². The fourth-order valence-corrected chi connectivity index (χ4v) is 2.26. The van der Waals surface area contributed by atoms with Crippen molar-refractivity contribution in [2.24, 2.45) is 4.99 Å². The van der Waals surface area contributed by atoms with E-state index in [-0.39, 0.29) is 30.0 Å². The molecule has 0 aliphatic heterocycles. The van der Waals surface area contributed by atoms with Gasteiger partial charge in [0.25, 0.3) is 0 Å². The molecule has 154 valence electrons. The number of guanidine groups is 1. The van der Waals surface area contributed by atoms with E-state index in [1.54, 1.807) is 6.20 Å². The maximum Gasteiger partial charge on any atom is 0.407 e. The molecular formula is C19H34IN5O2. The average molecular weight is 491 g/mol. The Morgan fingerprint density at radius 1 is 1.26 bits per heavy atom. The van der Waals surface area contributed by atoms with Crippen molar-refractivity contribution in [3.63, 3.8) is 0 Å². The first-order chi connectivity index (χ1) is 12.3. The monoisotopic (exact) mass is 491 g/mol. The summed E-state index contributed by atoms with van der Waals surface area (Å²) in [4.78, 5) is 20.8. The first kappa shape index (κ1) is 25.4. The van der Waals surface area contributed by atoms with Crippen molar-refractivity contribution in [2.45, 2.75) is 65.6 Å². The van der Waals surface area contributed by atoms with E-state index in [4.69, 9.17) is 4.74 Å². The van der Waals surface area contributed by atoms with E-state index in [9.17, 15) is 4.79 Å². The van der Waals surface area contributed by atoms with Gasteiger partial charge in [0.05, 0.1) is 12.2 Å². The number of alkyl carbamates (subject to hydrolysis) is 1. The van der Waals surface area contributed by atoms with E-state index >= 15 is 0 Å². The summed E-state index contributed by atoms with van der Waals surface area (Å²) in [6, 6.07) is 5.74. The highest BCUT2D eigenvalue weighted by atomic mass is 127. The maximum absolute atomic E-state index is 12.0. The zero-order valence-electron chi connectivity index (χ0n) is 17.0. The van der Waals surface area contributed by atoms with Crippen LogP contribution in [0.5, 0.6) is 0 Å². The van der Waals surface area contributed by atoms with Crippen LogP contribution in [0.15, 0.2) is 29.4 Å². The predicted molar refractivity (Wildman–Crippen MR) is 121 cm³/mol. The molecule has 0 saturated heterocycles. The molecule has 1 aromatic rings. The summed E-state index contributed by atoms with van der Waals surface area (Å²) in [6.45, 7) is 11.5. The largest absolute Gasteiger partial charge is 0.444 e. The summed E-state index contributed by atoms with van der Waals surface area (Å²) in [6.07, 6.45) is 3.18. The topological polar surface area (TPSA) is 87.6 Å². The summed E-state index contributed by atoms with van der Waals surface area (Å²) < 4.78 is 5.34. The summed E-state index contributed by atoms with van der Waals surface area (Å²) in [5.74, 6) is 0.699. The van der Waals surface area contributed by atoms with Gasteiger partial charge in [0.15, 0.2) is 5.96 Å². The Labute approximate surface area is 180 Å². The lowest BCUT2D eigenvalue weighted by atomic mass is 10.1. The number of carbonyl (C=O) groups is 1. The number of nitrogens with one attached hydrogen (secondary N) is 3. The Morgan fingerprint density at radius 2 is 2.00 bits per heavy atom. The van der Waals surface area contributed by atoms with Crippen LogP contribution in [0.3, 0.4) is 0 Å². The number of pyridine rings is 1. The molecule has 3 N–H and O–H groups in total. The lowest BCUT2D eigenvalue weighted by Gasteiger charge is -2.24. The van der Waals surface area contributed by atoms with Crippen LogP contribution in [0.4, 0.5) is 4.79 Å². The zero-order valence-corrected chi connectivity index (χ0v) is 19.4. The fourth-order valence-electron chi connectivity index (χ4n) is 2.26. The van der Waals surface area contributed by atoms with Gasteiger partial charge in [-0.1, -0.05) is 19.4 Å². The SMILES string of the molecule is CCCC(CNC(=NCc1ccccn1)NCC)NC(=O)OC(C)(C)C.I. The normalized spacial score (nSPS) is 12.6. The highest BCUT2D eigenvalue weighted by Gasteiger charge is 2.19. The molecule has 0 saturated carbocycles. The molecule has 1 aromatic heterocycles. The molecule has 1 atom stereocenters. The lowest BCUT2D eigenvalue weighted by Crippen LogP contribution is -2.48. The minimum Gasteiger partial charge on any atom is -0.444 e. The van der Waals surface area contributed by atoms with Gasteiger partial charge in [-0.05, 0) is 46.2 Å². The molecule has 1 unspecified atom stereocenters. The highest BCUT2D eigenvalue weighted by molar-refractivity contribution is 14.0. The van der Waals surface area contributed by atoms with Crippen molar-refractivity contribution in [1.29, 1.82) is 0 Å². The quantitative estimate of drug-likeness (QED) is 0.295. The summed E-state index contributed by atoms with van der Waals surface area (Å²) in [5, 5.41) is 9.42. The van der Waals surface area contributed by atoms with Crippen molar-refractivity contribution in [3.05, 3.63) is 30.1 Å². The second-order valence-electron chi connectivity index (χ2n) is 7.03. The highest BCUT2D eigenvalue weighted by Crippen LogP contribution is 2.07. The van der Waals surface area contributed by atoms with Crippen LogP contribution in [-0.4, -0.2) is 41.8 Å². The average Bonchev–Trinajstić information content (AvgIpc) is 2.56. The number of carbonyl (C=O) groups excluding carboxylic acids is 1. The van der Waals surface area contributed by atoms with Gasteiger partial charge < -0.3 is 20.7 Å². The molecule has 0 fully saturated rings. The molecule has 1 rings (SSSR count). The van der Waals surface area contributed by atoms with E-state index in [0.29, 0.717) is 19.0 Å². The smallest absolute Gasteiger partial charge is 0.407 e. The molecule has 1 amide bonds. The van der Waals surface area contributed by atoms with Gasteiger partial charge in [-0.15, -0.1) is 24.0 Å². The maximum atomic E-state index is 12.0. The molecule has 1 heterocycles. The Hall–Kier alpha value is -1.58. The molecule has 7 nitrogen and oxygen atoms in total. The van der Waals surface area contributed by atoms with Crippen LogP contribution in [0.25, 0.3) is 0 Å². The van der Waals surface area contributed by atoms with Crippen LogP contribution in [0.2, 0.25) is 0 Å². The van der Waals surface area contributed by atoms with E-state index in [1.165, 1.54) is 0 Å². The van der Waals surface area contributed by atoms with Gasteiger partial charge in [-0.2, -0.15) is 0 Å². The Morgan fingerprint density at radius 3 is 2.56 bits per heavy atom. The number of aromatic nitrogens is 1. The molecule has 27 heavy (non-hydrogen) atoms. The summed E-state index contributed by atoms with van der Waals surface area (Å²) >= 11 is 0. The standard InChI is InChI=1S/C19H33N5O2.HI/c1-6-10-16(24-18(25)26-19(3,4)5)14-23-17(20-7-2)22-13-15-11-8-9-12-21-15;/h8-9,11-12,16H,6-7,10,13-14H2,1-5H3,(H,24,25)(H2,20,22,23);1H. The summed E-state index contributed by atoms with van der Waals surface area (Å²) in [5.41, 5.74) is 0.398. The van der Waals surface area contributed by atoms with E-state index in [1.807, 2.05) is 45.9 Å².